The molecule has 0 aliphatic rings. The lowest BCUT2D eigenvalue weighted by molar-refractivity contribution is 0.397. The molecule has 0 bridgehead atoms. The van der Waals surface area contributed by atoms with Crippen molar-refractivity contribution >= 4 is 11.9 Å². The van der Waals surface area contributed by atoms with Gasteiger partial charge < -0.3 is 5.11 Å². The number of rotatable bonds is 7. The minimum absolute atomic E-state index is 0.0613. The van der Waals surface area contributed by atoms with Gasteiger partial charge in [-0.2, -0.15) is 5.26 Å². The molecule has 5 heteroatoms. The van der Waals surface area contributed by atoms with Crippen LogP contribution in [0.25, 0.3) is 0 Å². The third-order valence-electron chi connectivity index (χ3n) is 4.84. The number of nitriles is 1. The molecule has 1 heterocycles. The molecule has 0 atom stereocenters. The van der Waals surface area contributed by atoms with Crippen LogP contribution in [0, 0.1) is 32.1 Å². The quantitative estimate of drug-likeness (QED) is 0.571. The van der Waals surface area contributed by atoms with Crippen molar-refractivity contribution in [1.29, 1.82) is 5.26 Å². The minimum Gasteiger partial charge on any atom is -0.494 e. The Hall–Kier alpha value is -2.87. The Labute approximate surface area is 160 Å². The Kier molecular flexibility index (Phi) is 6.95. The van der Waals surface area contributed by atoms with Crippen LogP contribution in [0.15, 0.2) is 28.0 Å². The molecule has 0 amide bonds. The molecule has 27 heavy (non-hydrogen) atoms. The highest BCUT2D eigenvalue weighted by Crippen LogP contribution is 2.25. The van der Waals surface area contributed by atoms with Gasteiger partial charge in [-0.25, -0.2) is 0 Å². The zero-order valence-corrected chi connectivity index (χ0v) is 16.5. The number of aliphatic imine (C=N–C) groups is 1. The van der Waals surface area contributed by atoms with E-state index in [0.717, 1.165) is 42.5 Å². The highest BCUT2D eigenvalue weighted by Gasteiger charge is 2.17. The predicted molar refractivity (Wildman–Crippen MR) is 109 cm³/mol. The summed E-state index contributed by atoms with van der Waals surface area (Å²) >= 11 is 0. The van der Waals surface area contributed by atoms with Crippen molar-refractivity contribution in [2.24, 2.45) is 4.99 Å². The normalized spacial score (nSPS) is 11.1. The highest BCUT2D eigenvalue weighted by molar-refractivity contribution is 5.87. The van der Waals surface area contributed by atoms with Crippen LogP contribution in [0.4, 0.5) is 5.69 Å². The second-order valence-corrected chi connectivity index (χ2v) is 6.87. The topological polar surface area (TPSA) is 78.4 Å². The first-order valence-electron chi connectivity index (χ1n) is 9.39. The molecule has 0 fully saturated rings. The largest absolute Gasteiger partial charge is 0.494 e. The van der Waals surface area contributed by atoms with Crippen LogP contribution in [0.5, 0.6) is 5.88 Å². The standard InChI is InChI=1S/C22H27N3O2/c1-5-6-7-8-12-25-21(26)18(13-23)17(4)19(22(25)27)14-24-20-15(2)10-9-11-16(20)3/h9-11,14,27H,5-8,12H2,1-4H3. The van der Waals surface area contributed by atoms with Crippen molar-refractivity contribution < 1.29 is 5.11 Å². The van der Waals surface area contributed by atoms with Crippen LogP contribution in [0.3, 0.4) is 0 Å². The molecule has 0 spiro atoms. The van der Waals surface area contributed by atoms with Crippen LogP contribution in [-0.2, 0) is 6.54 Å². The Morgan fingerprint density at radius 1 is 1.19 bits per heavy atom. The zero-order chi connectivity index (χ0) is 20.0. The first-order chi connectivity index (χ1) is 12.9. The summed E-state index contributed by atoms with van der Waals surface area (Å²) in [4.78, 5) is 17.1. The smallest absolute Gasteiger partial charge is 0.271 e. The number of aromatic nitrogens is 1. The maximum absolute atomic E-state index is 12.6. The molecule has 142 valence electrons. The van der Waals surface area contributed by atoms with Crippen molar-refractivity contribution in [2.45, 2.75) is 59.9 Å². The van der Waals surface area contributed by atoms with E-state index in [-0.39, 0.29) is 11.4 Å². The number of unbranched alkanes of at least 4 members (excludes halogenated alkanes) is 3. The van der Waals surface area contributed by atoms with Crippen LogP contribution in [0.2, 0.25) is 0 Å². The van der Waals surface area contributed by atoms with Gasteiger partial charge in [-0.15, -0.1) is 0 Å². The maximum atomic E-state index is 12.6. The van der Waals surface area contributed by atoms with Crippen LogP contribution in [-0.4, -0.2) is 15.9 Å². The number of aromatic hydroxyl groups is 1. The van der Waals surface area contributed by atoms with Crippen molar-refractivity contribution in [2.75, 3.05) is 0 Å². The molecule has 0 radical (unpaired) electrons. The molecule has 0 saturated heterocycles. The van der Waals surface area contributed by atoms with Crippen molar-refractivity contribution in [3.63, 3.8) is 0 Å². The van der Waals surface area contributed by atoms with Gasteiger partial charge in [-0.3, -0.25) is 14.4 Å². The molecular weight excluding hydrogens is 338 g/mol. The van der Waals surface area contributed by atoms with Gasteiger partial charge >= 0.3 is 0 Å². The number of pyridine rings is 1. The summed E-state index contributed by atoms with van der Waals surface area (Å²) < 4.78 is 1.30. The number of aryl methyl sites for hydroxylation is 2. The van der Waals surface area contributed by atoms with E-state index in [0.29, 0.717) is 17.7 Å². The summed E-state index contributed by atoms with van der Waals surface area (Å²) in [5, 5.41) is 20.1. The molecule has 2 rings (SSSR count). The zero-order valence-electron chi connectivity index (χ0n) is 16.5. The Bertz CT molecular complexity index is 929. The van der Waals surface area contributed by atoms with Gasteiger partial charge in [-0.05, 0) is 43.9 Å². The van der Waals surface area contributed by atoms with Crippen molar-refractivity contribution in [3.8, 4) is 11.9 Å². The Balaban J connectivity index is 2.51. The van der Waals surface area contributed by atoms with Gasteiger partial charge in [0.2, 0.25) is 5.88 Å². The molecule has 1 aromatic carbocycles. The van der Waals surface area contributed by atoms with E-state index in [1.807, 2.05) is 38.1 Å². The predicted octanol–water partition coefficient (Wildman–Crippen LogP) is 4.68. The lowest BCUT2D eigenvalue weighted by atomic mass is 10.1. The number of benzene rings is 1. The fraction of sp³-hybridized carbons (Fsp3) is 0.409. The Morgan fingerprint density at radius 2 is 1.85 bits per heavy atom. The molecule has 0 unspecified atom stereocenters. The monoisotopic (exact) mass is 365 g/mol. The second-order valence-electron chi connectivity index (χ2n) is 6.87. The van der Waals surface area contributed by atoms with E-state index >= 15 is 0 Å². The van der Waals surface area contributed by atoms with Gasteiger partial charge in [0.15, 0.2) is 0 Å². The second kappa shape index (κ2) is 9.18. The van der Waals surface area contributed by atoms with Gasteiger partial charge in [0, 0.05) is 12.8 Å². The fourth-order valence-electron chi connectivity index (χ4n) is 3.17. The van der Waals surface area contributed by atoms with Crippen LogP contribution < -0.4 is 5.56 Å². The molecule has 2 aromatic rings. The molecular formula is C22H27N3O2. The average Bonchev–Trinajstić information content (AvgIpc) is 2.63. The molecule has 0 aliphatic heterocycles. The van der Waals surface area contributed by atoms with E-state index in [2.05, 4.69) is 11.9 Å². The first kappa shape index (κ1) is 20.4. The number of nitrogens with zero attached hydrogens (tertiary/aromatic N) is 3. The lowest BCUT2D eigenvalue weighted by Gasteiger charge is -2.14. The molecule has 1 N–H and O–H groups in total. The van der Waals surface area contributed by atoms with Crippen molar-refractivity contribution in [3.05, 3.63) is 56.4 Å². The maximum Gasteiger partial charge on any atom is 0.271 e. The SMILES string of the molecule is CCCCCCn1c(O)c(C=Nc2c(C)cccc2C)c(C)c(C#N)c1=O. The summed E-state index contributed by atoms with van der Waals surface area (Å²) in [6, 6.07) is 7.90. The van der Waals surface area contributed by atoms with Gasteiger partial charge in [0.05, 0.1) is 11.3 Å². The number of hydrogen-bond acceptors (Lipinski definition) is 4. The number of para-hydroxylation sites is 1. The summed E-state index contributed by atoms with van der Waals surface area (Å²) in [6.45, 7) is 8.13. The highest BCUT2D eigenvalue weighted by atomic mass is 16.3. The number of hydrogen-bond donors (Lipinski definition) is 1. The summed E-state index contributed by atoms with van der Waals surface area (Å²) in [6.07, 6.45) is 5.48. The Morgan fingerprint density at radius 3 is 2.44 bits per heavy atom. The first-order valence-corrected chi connectivity index (χ1v) is 9.39. The summed E-state index contributed by atoms with van der Waals surface area (Å²) in [5.74, 6) is -0.122. The molecule has 5 nitrogen and oxygen atoms in total. The van der Waals surface area contributed by atoms with Gasteiger partial charge in [-0.1, -0.05) is 44.4 Å². The van der Waals surface area contributed by atoms with E-state index in [1.165, 1.54) is 4.57 Å². The van der Waals surface area contributed by atoms with Crippen LogP contribution >= 0.6 is 0 Å². The van der Waals surface area contributed by atoms with E-state index in [9.17, 15) is 15.2 Å². The third-order valence-corrected chi connectivity index (χ3v) is 4.84. The van der Waals surface area contributed by atoms with E-state index < -0.39 is 5.56 Å². The van der Waals surface area contributed by atoms with E-state index in [1.54, 1.807) is 13.1 Å². The fourth-order valence-corrected chi connectivity index (χ4v) is 3.17. The molecule has 0 saturated carbocycles. The summed E-state index contributed by atoms with van der Waals surface area (Å²) in [5.41, 5.74) is 3.38. The lowest BCUT2D eigenvalue weighted by Crippen LogP contribution is -2.25. The minimum atomic E-state index is -0.437. The summed E-state index contributed by atoms with van der Waals surface area (Å²) in [7, 11) is 0. The average molecular weight is 365 g/mol. The molecule has 0 aliphatic carbocycles. The molecule has 1 aromatic heterocycles. The van der Waals surface area contributed by atoms with E-state index in [4.69, 9.17) is 0 Å². The van der Waals surface area contributed by atoms with Gasteiger partial charge in [0.25, 0.3) is 5.56 Å². The third kappa shape index (κ3) is 4.46. The van der Waals surface area contributed by atoms with Crippen LogP contribution in [0.1, 0.15) is 60.4 Å². The van der Waals surface area contributed by atoms with Crippen molar-refractivity contribution in [1.82, 2.24) is 4.57 Å². The van der Waals surface area contributed by atoms with Gasteiger partial charge in [0.1, 0.15) is 11.6 Å².